The van der Waals surface area contributed by atoms with Crippen molar-refractivity contribution in [2.24, 2.45) is 0 Å². The minimum absolute atomic E-state index is 0.313. The van der Waals surface area contributed by atoms with E-state index in [0.29, 0.717) is 50.7 Å². The molecule has 0 atom stereocenters. The molecule has 0 radical (unpaired) electrons. The second-order valence-electron chi connectivity index (χ2n) is 4.80. The van der Waals surface area contributed by atoms with Crippen molar-refractivity contribution in [1.29, 1.82) is 0 Å². The summed E-state index contributed by atoms with van der Waals surface area (Å²) in [5, 5.41) is 8.65. The number of aryl methyl sites for hydroxylation is 2. The van der Waals surface area contributed by atoms with Gasteiger partial charge in [0.1, 0.15) is 17.1 Å². The number of benzene rings is 1. The van der Waals surface area contributed by atoms with Gasteiger partial charge in [0.05, 0.1) is 10.0 Å². The van der Waals surface area contributed by atoms with E-state index in [9.17, 15) is 4.79 Å². The third-order valence-corrected chi connectivity index (χ3v) is 3.87. The van der Waals surface area contributed by atoms with Gasteiger partial charge in [-0.25, -0.2) is 0 Å². The van der Waals surface area contributed by atoms with E-state index in [0.717, 1.165) is 0 Å². The molecule has 3 rings (SSSR count). The number of hydrogen-bond donors (Lipinski definition) is 0. The van der Waals surface area contributed by atoms with Crippen LogP contribution in [0.1, 0.15) is 11.5 Å². The molecule has 2 aromatic heterocycles. The number of carbonyl (C=O) groups is 1. The molecule has 6 nitrogen and oxygen atoms in total. The lowest BCUT2D eigenvalue weighted by Crippen LogP contribution is -2.15. The Bertz CT molecular complexity index is 852. The average molecular weight is 352 g/mol. The highest BCUT2D eigenvalue weighted by Gasteiger charge is 2.26. The SMILES string of the molecule is Cc1cc(N(C=O)c2c(-c3c(Cl)cccc3Cl)noc2C)no1. The minimum Gasteiger partial charge on any atom is -0.360 e. The van der Waals surface area contributed by atoms with Crippen LogP contribution in [0.4, 0.5) is 11.5 Å². The van der Waals surface area contributed by atoms with Gasteiger partial charge in [0.2, 0.25) is 6.41 Å². The first-order valence-electron chi connectivity index (χ1n) is 6.61. The van der Waals surface area contributed by atoms with Crippen LogP contribution >= 0.6 is 23.2 Å². The van der Waals surface area contributed by atoms with E-state index in [4.69, 9.17) is 32.2 Å². The van der Waals surface area contributed by atoms with Crippen LogP contribution in [-0.2, 0) is 4.79 Å². The zero-order valence-electron chi connectivity index (χ0n) is 12.2. The monoisotopic (exact) mass is 351 g/mol. The highest BCUT2D eigenvalue weighted by atomic mass is 35.5. The lowest BCUT2D eigenvalue weighted by molar-refractivity contribution is -0.106. The van der Waals surface area contributed by atoms with Gasteiger partial charge in [-0.3, -0.25) is 9.69 Å². The van der Waals surface area contributed by atoms with Crippen LogP contribution in [0.3, 0.4) is 0 Å². The third-order valence-electron chi connectivity index (χ3n) is 3.24. The molecular formula is C15H11Cl2N3O3. The largest absolute Gasteiger partial charge is 0.360 e. The molecule has 3 aromatic rings. The van der Waals surface area contributed by atoms with Crippen LogP contribution in [-0.4, -0.2) is 16.7 Å². The summed E-state index contributed by atoms with van der Waals surface area (Å²) < 4.78 is 10.3. The van der Waals surface area contributed by atoms with Crippen LogP contribution in [0.15, 0.2) is 33.3 Å². The Labute approximate surface area is 141 Å². The molecule has 0 saturated heterocycles. The molecule has 0 bridgehead atoms. The summed E-state index contributed by atoms with van der Waals surface area (Å²) in [7, 11) is 0. The molecule has 0 aliphatic heterocycles. The molecule has 0 fully saturated rings. The van der Waals surface area contributed by atoms with Crippen molar-refractivity contribution in [3.8, 4) is 11.3 Å². The molecule has 0 aliphatic carbocycles. The van der Waals surface area contributed by atoms with E-state index in [1.807, 2.05) is 0 Å². The summed E-state index contributed by atoms with van der Waals surface area (Å²) in [5.74, 6) is 1.30. The van der Waals surface area contributed by atoms with Gasteiger partial charge < -0.3 is 9.05 Å². The van der Waals surface area contributed by atoms with E-state index in [-0.39, 0.29) is 0 Å². The topological polar surface area (TPSA) is 72.4 Å². The van der Waals surface area contributed by atoms with Gasteiger partial charge in [-0.2, -0.15) is 0 Å². The Hall–Kier alpha value is -2.31. The predicted octanol–water partition coefficient (Wildman–Crippen LogP) is 4.55. The number of halogens is 2. The second-order valence-corrected chi connectivity index (χ2v) is 5.62. The summed E-state index contributed by atoms with van der Waals surface area (Å²) in [6.45, 7) is 3.41. The van der Waals surface area contributed by atoms with Crippen LogP contribution < -0.4 is 4.90 Å². The van der Waals surface area contributed by atoms with Crippen molar-refractivity contribution < 1.29 is 13.8 Å². The molecule has 1 aromatic carbocycles. The maximum atomic E-state index is 11.6. The zero-order valence-corrected chi connectivity index (χ0v) is 13.7. The highest BCUT2D eigenvalue weighted by Crippen LogP contribution is 2.42. The molecule has 2 heterocycles. The summed E-state index contributed by atoms with van der Waals surface area (Å²) in [4.78, 5) is 12.9. The average Bonchev–Trinajstić information content (AvgIpc) is 3.09. The molecule has 8 heteroatoms. The van der Waals surface area contributed by atoms with Crippen molar-refractivity contribution in [3.63, 3.8) is 0 Å². The molecule has 0 N–H and O–H groups in total. The standard InChI is InChI=1S/C15H11Cl2N3O3/c1-8-6-12(18-22-8)20(7-21)15-9(2)23-19-14(15)13-10(16)4-3-5-11(13)17/h3-7H,1-2H3. The van der Waals surface area contributed by atoms with Crippen molar-refractivity contribution in [2.45, 2.75) is 13.8 Å². The number of anilines is 2. The van der Waals surface area contributed by atoms with Gasteiger partial charge >= 0.3 is 0 Å². The van der Waals surface area contributed by atoms with E-state index in [1.165, 1.54) is 4.90 Å². The number of aromatic nitrogens is 2. The van der Waals surface area contributed by atoms with Crippen molar-refractivity contribution in [3.05, 3.63) is 45.8 Å². The van der Waals surface area contributed by atoms with Crippen molar-refractivity contribution in [1.82, 2.24) is 10.3 Å². The maximum Gasteiger partial charge on any atom is 0.220 e. The molecule has 0 saturated carbocycles. The van der Waals surface area contributed by atoms with Crippen molar-refractivity contribution in [2.75, 3.05) is 4.90 Å². The Morgan fingerprint density at radius 1 is 1.13 bits per heavy atom. The normalized spacial score (nSPS) is 10.8. The van der Waals surface area contributed by atoms with Crippen LogP contribution in [0.25, 0.3) is 11.3 Å². The molecular weight excluding hydrogens is 341 g/mol. The van der Waals surface area contributed by atoms with E-state index in [1.54, 1.807) is 38.1 Å². The number of nitrogens with zero attached hydrogens (tertiary/aromatic N) is 3. The minimum atomic E-state index is 0.313. The van der Waals surface area contributed by atoms with E-state index < -0.39 is 0 Å². The quantitative estimate of drug-likeness (QED) is 0.644. The Morgan fingerprint density at radius 2 is 1.83 bits per heavy atom. The maximum absolute atomic E-state index is 11.6. The number of amides is 1. The van der Waals surface area contributed by atoms with Crippen LogP contribution in [0, 0.1) is 13.8 Å². The second kappa shape index (κ2) is 6.06. The molecule has 0 unspecified atom stereocenters. The summed E-state index contributed by atoms with van der Waals surface area (Å²) in [6.07, 6.45) is 0.602. The van der Waals surface area contributed by atoms with Gasteiger partial charge in [-0.05, 0) is 26.0 Å². The number of carbonyl (C=O) groups excluding carboxylic acids is 1. The Kier molecular flexibility index (Phi) is 4.11. The van der Waals surface area contributed by atoms with Gasteiger partial charge in [-0.1, -0.05) is 39.6 Å². The fourth-order valence-corrected chi connectivity index (χ4v) is 2.80. The zero-order chi connectivity index (χ0) is 16.6. The van der Waals surface area contributed by atoms with Crippen LogP contribution in [0.5, 0.6) is 0 Å². The van der Waals surface area contributed by atoms with Crippen molar-refractivity contribution >= 4 is 41.1 Å². The Balaban J connectivity index is 2.21. The number of rotatable bonds is 4. The summed E-state index contributed by atoms with van der Waals surface area (Å²) >= 11 is 12.5. The fourth-order valence-electron chi connectivity index (χ4n) is 2.23. The number of hydrogen-bond acceptors (Lipinski definition) is 5. The molecule has 0 spiro atoms. The molecule has 118 valence electrons. The van der Waals surface area contributed by atoms with Gasteiger partial charge in [-0.15, -0.1) is 0 Å². The van der Waals surface area contributed by atoms with Gasteiger partial charge in [0.15, 0.2) is 11.6 Å². The summed E-state index contributed by atoms with van der Waals surface area (Å²) in [5.41, 5.74) is 1.24. The van der Waals surface area contributed by atoms with Gasteiger partial charge in [0.25, 0.3) is 0 Å². The predicted molar refractivity (Wildman–Crippen MR) is 86.1 cm³/mol. The molecule has 1 amide bonds. The van der Waals surface area contributed by atoms with E-state index in [2.05, 4.69) is 10.3 Å². The smallest absolute Gasteiger partial charge is 0.220 e. The third kappa shape index (κ3) is 2.71. The van der Waals surface area contributed by atoms with E-state index >= 15 is 0 Å². The van der Waals surface area contributed by atoms with Gasteiger partial charge in [0, 0.05) is 11.6 Å². The lowest BCUT2D eigenvalue weighted by Gasteiger charge is -2.14. The summed E-state index contributed by atoms with van der Waals surface area (Å²) in [6, 6.07) is 6.71. The highest BCUT2D eigenvalue weighted by molar-refractivity contribution is 6.39. The molecule has 23 heavy (non-hydrogen) atoms. The lowest BCUT2D eigenvalue weighted by atomic mass is 10.1. The first kappa shape index (κ1) is 15.6. The first-order valence-corrected chi connectivity index (χ1v) is 7.37. The van der Waals surface area contributed by atoms with Crippen LogP contribution in [0.2, 0.25) is 10.0 Å². The Morgan fingerprint density at radius 3 is 2.39 bits per heavy atom. The molecule has 0 aliphatic rings. The first-order chi connectivity index (χ1) is 11.0. The fraction of sp³-hybridized carbons (Fsp3) is 0.133.